The van der Waals surface area contributed by atoms with Gasteiger partial charge in [0, 0.05) is 13.1 Å². The van der Waals surface area contributed by atoms with Crippen LogP contribution in [0, 0.1) is 5.82 Å². The zero-order valence-electron chi connectivity index (χ0n) is 12.4. The topological polar surface area (TPSA) is 29.5 Å². The van der Waals surface area contributed by atoms with Crippen molar-refractivity contribution in [1.82, 2.24) is 4.90 Å². The zero-order valence-corrected chi connectivity index (χ0v) is 14.0. The minimum absolute atomic E-state index is 0.330. The molecule has 0 fully saturated rings. The van der Waals surface area contributed by atoms with E-state index in [1.54, 1.807) is 17.0 Å². The maximum atomic E-state index is 13.5. The van der Waals surface area contributed by atoms with Gasteiger partial charge in [-0.05, 0) is 60.8 Å². The minimum Gasteiger partial charge on any atom is -0.444 e. The second kappa shape index (κ2) is 7.07. The molecule has 0 heterocycles. The van der Waals surface area contributed by atoms with Gasteiger partial charge >= 0.3 is 6.09 Å². The highest BCUT2D eigenvalue weighted by Gasteiger charge is 2.21. The average molecular weight is 346 g/mol. The van der Waals surface area contributed by atoms with Crippen LogP contribution in [0.2, 0.25) is 0 Å². The fraction of sp³-hybridized carbons (Fsp3) is 0.533. The third kappa shape index (κ3) is 5.49. The van der Waals surface area contributed by atoms with Crippen molar-refractivity contribution in [3.8, 4) is 0 Å². The summed E-state index contributed by atoms with van der Waals surface area (Å²) in [5.41, 5.74) is 0.207. The molecule has 1 aromatic rings. The van der Waals surface area contributed by atoms with Gasteiger partial charge in [0.15, 0.2) is 0 Å². The first-order chi connectivity index (χ1) is 9.23. The van der Waals surface area contributed by atoms with E-state index in [2.05, 4.69) is 15.9 Å². The number of nitrogens with zero attached hydrogens (tertiary/aromatic N) is 1. The second-order valence-corrected chi connectivity index (χ2v) is 6.50. The van der Waals surface area contributed by atoms with Gasteiger partial charge in [-0.15, -0.1) is 0 Å². The fourth-order valence-corrected chi connectivity index (χ4v) is 1.94. The Morgan fingerprint density at radius 3 is 2.55 bits per heavy atom. The molecule has 0 aliphatic heterocycles. The third-order valence-electron chi connectivity index (χ3n) is 2.50. The molecule has 1 amide bonds. The van der Waals surface area contributed by atoms with Crippen LogP contribution in [0.1, 0.15) is 39.7 Å². The smallest absolute Gasteiger partial charge is 0.410 e. The number of amides is 1. The maximum absolute atomic E-state index is 13.5. The molecule has 0 unspecified atom stereocenters. The summed E-state index contributed by atoms with van der Waals surface area (Å²) in [6, 6.07) is 4.86. The van der Waals surface area contributed by atoms with Gasteiger partial charge in [-0.2, -0.15) is 0 Å². The van der Waals surface area contributed by atoms with Crippen LogP contribution in [0.15, 0.2) is 22.7 Å². The van der Waals surface area contributed by atoms with Gasteiger partial charge < -0.3 is 9.64 Å². The molecule has 112 valence electrons. The Bertz CT molecular complexity index is 471. The first-order valence-electron chi connectivity index (χ1n) is 6.65. The van der Waals surface area contributed by atoms with Gasteiger partial charge in [0.1, 0.15) is 11.4 Å². The molecule has 0 bridgehead atoms. The molecule has 0 aliphatic rings. The minimum atomic E-state index is -0.534. The largest absolute Gasteiger partial charge is 0.444 e. The van der Waals surface area contributed by atoms with Crippen molar-refractivity contribution >= 4 is 22.0 Å². The van der Waals surface area contributed by atoms with E-state index in [0.717, 1.165) is 12.0 Å². The summed E-state index contributed by atoms with van der Waals surface area (Å²) in [6.07, 6.45) is 0.445. The van der Waals surface area contributed by atoms with Crippen molar-refractivity contribution in [2.45, 2.75) is 46.3 Å². The van der Waals surface area contributed by atoms with E-state index in [9.17, 15) is 9.18 Å². The molecule has 5 heteroatoms. The normalized spacial score (nSPS) is 11.3. The van der Waals surface area contributed by atoms with Gasteiger partial charge in [0.25, 0.3) is 0 Å². The first-order valence-corrected chi connectivity index (χ1v) is 7.44. The number of ether oxygens (including phenoxy) is 1. The predicted octanol–water partition coefficient (Wildman–Crippen LogP) is 4.74. The van der Waals surface area contributed by atoms with Gasteiger partial charge in [-0.1, -0.05) is 13.0 Å². The molecule has 0 N–H and O–H groups in total. The molecule has 0 saturated heterocycles. The van der Waals surface area contributed by atoms with Crippen LogP contribution in [-0.2, 0) is 11.3 Å². The summed E-state index contributed by atoms with van der Waals surface area (Å²) in [6.45, 7) is 8.38. The van der Waals surface area contributed by atoms with Crippen LogP contribution in [-0.4, -0.2) is 23.1 Å². The number of rotatable bonds is 4. The summed E-state index contributed by atoms with van der Waals surface area (Å²) in [5.74, 6) is -0.330. The predicted molar refractivity (Wildman–Crippen MR) is 81.0 cm³/mol. The lowest BCUT2D eigenvalue weighted by Crippen LogP contribution is -2.36. The van der Waals surface area contributed by atoms with E-state index in [1.165, 1.54) is 6.07 Å². The van der Waals surface area contributed by atoms with Crippen LogP contribution < -0.4 is 0 Å². The Kier molecular flexibility index (Phi) is 5.99. The number of hydrogen-bond acceptors (Lipinski definition) is 2. The molecular formula is C15H21BrFNO2. The lowest BCUT2D eigenvalue weighted by molar-refractivity contribution is 0.0233. The van der Waals surface area contributed by atoms with Gasteiger partial charge in [-0.25, -0.2) is 9.18 Å². The molecule has 20 heavy (non-hydrogen) atoms. The Morgan fingerprint density at radius 2 is 2.05 bits per heavy atom. The fourth-order valence-electron chi connectivity index (χ4n) is 1.69. The molecule has 0 radical (unpaired) electrons. The highest BCUT2D eigenvalue weighted by atomic mass is 79.9. The van der Waals surface area contributed by atoms with E-state index in [4.69, 9.17) is 4.74 Å². The van der Waals surface area contributed by atoms with E-state index >= 15 is 0 Å². The number of carbonyl (C=O) groups is 1. The molecule has 1 aromatic carbocycles. The highest BCUT2D eigenvalue weighted by molar-refractivity contribution is 9.10. The zero-order chi connectivity index (χ0) is 15.3. The third-order valence-corrected chi connectivity index (χ3v) is 3.15. The van der Waals surface area contributed by atoms with E-state index in [0.29, 0.717) is 17.6 Å². The number of hydrogen-bond donors (Lipinski definition) is 0. The second-order valence-electron chi connectivity index (χ2n) is 5.65. The highest BCUT2D eigenvalue weighted by Crippen LogP contribution is 2.18. The molecule has 1 rings (SSSR count). The lowest BCUT2D eigenvalue weighted by atomic mass is 10.2. The lowest BCUT2D eigenvalue weighted by Gasteiger charge is -2.27. The quantitative estimate of drug-likeness (QED) is 0.788. The summed E-state index contributed by atoms with van der Waals surface area (Å²) < 4.78 is 19.3. The molecular weight excluding hydrogens is 325 g/mol. The summed E-state index contributed by atoms with van der Waals surface area (Å²) in [5, 5.41) is 0. The Morgan fingerprint density at radius 1 is 1.40 bits per heavy atom. The molecule has 0 saturated carbocycles. The average Bonchev–Trinajstić information content (AvgIpc) is 2.31. The van der Waals surface area contributed by atoms with Gasteiger partial charge in [0.2, 0.25) is 0 Å². The van der Waals surface area contributed by atoms with Crippen LogP contribution >= 0.6 is 15.9 Å². The van der Waals surface area contributed by atoms with Crippen molar-refractivity contribution in [3.05, 3.63) is 34.1 Å². The summed E-state index contributed by atoms with van der Waals surface area (Å²) >= 11 is 3.11. The summed E-state index contributed by atoms with van der Waals surface area (Å²) in [4.78, 5) is 13.7. The Hall–Kier alpha value is -1.10. The molecule has 0 aromatic heterocycles. The van der Waals surface area contributed by atoms with Crippen LogP contribution in [0.5, 0.6) is 0 Å². The molecule has 0 atom stereocenters. The van der Waals surface area contributed by atoms with Crippen LogP contribution in [0.25, 0.3) is 0 Å². The number of halogens is 2. The van der Waals surface area contributed by atoms with Crippen molar-refractivity contribution in [3.63, 3.8) is 0 Å². The van der Waals surface area contributed by atoms with Crippen molar-refractivity contribution in [2.24, 2.45) is 0 Å². The first kappa shape index (κ1) is 17.0. The number of benzene rings is 1. The van der Waals surface area contributed by atoms with Gasteiger partial charge in [-0.3, -0.25) is 0 Å². The van der Waals surface area contributed by atoms with Crippen molar-refractivity contribution in [1.29, 1.82) is 0 Å². The Balaban J connectivity index is 2.80. The van der Waals surface area contributed by atoms with E-state index in [1.807, 2.05) is 27.7 Å². The molecule has 3 nitrogen and oxygen atoms in total. The maximum Gasteiger partial charge on any atom is 0.410 e. The van der Waals surface area contributed by atoms with Gasteiger partial charge in [0.05, 0.1) is 4.47 Å². The Labute approximate surface area is 128 Å². The van der Waals surface area contributed by atoms with Crippen LogP contribution in [0.3, 0.4) is 0 Å². The van der Waals surface area contributed by atoms with Crippen LogP contribution in [0.4, 0.5) is 9.18 Å². The standard InChI is InChI=1S/C15H21BrFNO2/c1-5-8-18(14(19)20-15(2,3)4)10-11-6-7-12(16)13(17)9-11/h6-7,9H,5,8,10H2,1-4H3. The van der Waals surface area contributed by atoms with Crippen molar-refractivity contribution in [2.75, 3.05) is 6.54 Å². The van der Waals surface area contributed by atoms with Crippen molar-refractivity contribution < 1.29 is 13.9 Å². The number of carbonyl (C=O) groups excluding carboxylic acids is 1. The SMILES string of the molecule is CCCN(Cc1ccc(Br)c(F)c1)C(=O)OC(C)(C)C. The molecule has 0 spiro atoms. The molecule has 0 aliphatic carbocycles. The van der Waals surface area contributed by atoms with E-state index in [-0.39, 0.29) is 11.9 Å². The summed E-state index contributed by atoms with van der Waals surface area (Å²) in [7, 11) is 0. The monoisotopic (exact) mass is 345 g/mol. The van der Waals surface area contributed by atoms with E-state index < -0.39 is 5.60 Å².